The van der Waals surface area contributed by atoms with Crippen molar-refractivity contribution < 1.29 is 4.42 Å². The van der Waals surface area contributed by atoms with Crippen LogP contribution in [0.5, 0.6) is 0 Å². The van der Waals surface area contributed by atoms with Crippen LogP contribution in [-0.2, 0) is 20.6 Å². The van der Waals surface area contributed by atoms with Crippen LogP contribution in [-0.4, -0.2) is 49.8 Å². The summed E-state index contributed by atoms with van der Waals surface area (Å²) in [6.45, 7) is 3.29. The fourth-order valence-electron chi connectivity index (χ4n) is 3.99. The van der Waals surface area contributed by atoms with Gasteiger partial charge >= 0.3 is 5.69 Å². The van der Waals surface area contributed by atoms with E-state index >= 15 is 0 Å². The van der Waals surface area contributed by atoms with Gasteiger partial charge in [0.2, 0.25) is 11.8 Å². The van der Waals surface area contributed by atoms with Crippen molar-refractivity contribution in [3.63, 3.8) is 0 Å². The van der Waals surface area contributed by atoms with Gasteiger partial charge in [-0.05, 0) is 18.2 Å². The molecule has 0 spiro atoms. The average Bonchev–Trinajstić information content (AvgIpc) is 3.44. The summed E-state index contributed by atoms with van der Waals surface area (Å²) in [5.41, 5.74) is 1.13. The molecule has 1 fully saturated rings. The molecule has 0 radical (unpaired) electrons. The quantitative estimate of drug-likeness (QED) is 0.466. The monoisotopic (exact) mass is 489 g/mol. The summed E-state index contributed by atoms with van der Waals surface area (Å²) in [5, 5.41) is 4.16. The smallest absolute Gasteiger partial charge is 0.332 e. The number of aryl methyl sites for hydroxylation is 1. The van der Waals surface area contributed by atoms with E-state index in [0.717, 1.165) is 30.7 Å². The number of hydrogen-bond acceptors (Lipinski definition) is 7. The molecule has 172 valence electrons. The predicted molar refractivity (Wildman–Crippen MR) is 126 cm³/mol. The SMILES string of the molecule is Cn1c(=O)c2c(nc(N3CCNCC3)n2Cc2coc(-c3ccc(Cl)c(Cl)c3)n2)n(C)c1=O. The van der Waals surface area contributed by atoms with Gasteiger partial charge in [-0.2, -0.15) is 4.98 Å². The molecule has 12 heteroatoms. The van der Waals surface area contributed by atoms with Gasteiger partial charge in [0, 0.05) is 45.8 Å². The molecule has 4 heterocycles. The van der Waals surface area contributed by atoms with Gasteiger partial charge in [-0.25, -0.2) is 9.78 Å². The largest absolute Gasteiger partial charge is 0.444 e. The lowest BCUT2D eigenvalue weighted by atomic mass is 10.2. The molecular weight excluding hydrogens is 469 g/mol. The predicted octanol–water partition coefficient (Wildman–Crippen LogP) is 1.85. The standard InChI is InChI=1S/C21H21Cl2N7O3/c1-27-17-16(19(31)28(2)21(27)32)30(20(26-17)29-7-5-24-6-8-29)10-13-11-33-18(25-13)12-3-4-14(22)15(23)9-12/h3-4,9,11,24H,5-8,10H2,1-2H3. The first kappa shape index (κ1) is 21.7. The van der Waals surface area contributed by atoms with Gasteiger partial charge in [-0.1, -0.05) is 23.2 Å². The summed E-state index contributed by atoms with van der Waals surface area (Å²) in [4.78, 5) is 37.0. The summed E-state index contributed by atoms with van der Waals surface area (Å²) >= 11 is 12.1. The maximum absolute atomic E-state index is 13.1. The minimum Gasteiger partial charge on any atom is -0.444 e. The number of benzene rings is 1. The summed E-state index contributed by atoms with van der Waals surface area (Å²) in [7, 11) is 3.08. The number of rotatable bonds is 4. The Labute approximate surface area is 198 Å². The summed E-state index contributed by atoms with van der Waals surface area (Å²) in [6.07, 6.45) is 1.54. The molecule has 1 aromatic carbocycles. The summed E-state index contributed by atoms with van der Waals surface area (Å²) < 4.78 is 9.97. The summed E-state index contributed by atoms with van der Waals surface area (Å²) in [5.74, 6) is 1.00. The Kier molecular flexibility index (Phi) is 5.51. The number of oxazole rings is 1. The van der Waals surface area contributed by atoms with Crippen molar-refractivity contribution in [3.8, 4) is 11.5 Å². The van der Waals surface area contributed by atoms with E-state index in [1.54, 1.807) is 29.8 Å². The molecule has 1 saturated heterocycles. The molecule has 1 aliphatic rings. The summed E-state index contributed by atoms with van der Waals surface area (Å²) in [6, 6.07) is 5.14. The highest BCUT2D eigenvalue weighted by molar-refractivity contribution is 6.42. The Bertz CT molecular complexity index is 1480. The van der Waals surface area contributed by atoms with Crippen molar-refractivity contribution in [2.45, 2.75) is 6.54 Å². The fourth-order valence-corrected chi connectivity index (χ4v) is 4.29. The van der Waals surface area contributed by atoms with E-state index < -0.39 is 11.2 Å². The fraction of sp³-hybridized carbons (Fsp3) is 0.333. The van der Waals surface area contributed by atoms with Crippen LogP contribution in [0.3, 0.4) is 0 Å². The molecule has 0 amide bonds. The first-order chi connectivity index (χ1) is 15.8. The number of piperazine rings is 1. The van der Waals surface area contributed by atoms with Crippen molar-refractivity contribution in [1.29, 1.82) is 0 Å². The molecule has 0 saturated carbocycles. The first-order valence-electron chi connectivity index (χ1n) is 10.4. The lowest BCUT2D eigenvalue weighted by Crippen LogP contribution is -2.44. The third kappa shape index (κ3) is 3.73. The highest BCUT2D eigenvalue weighted by Gasteiger charge is 2.24. The molecule has 1 N–H and O–H groups in total. The van der Waals surface area contributed by atoms with Gasteiger partial charge in [0.15, 0.2) is 11.2 Å². The molecule has 10 nitrogen and oxygen atoms in total. The number of nitrogens with one attached hydrogen (secondary N) is 1. The highest BCUT2D eigenvalue weighted by Crippen LogP contribution is 2.29. The molecule has 0 aliphatic carbocycles. The molecule has 0 bridgehead atoms. The van der Waals surface area contributed by atoms with Crippen LogP contribution in [0, 0.1) is 0 Å². The number of hydrogen-bond donors (Lipinski definition) is 1. The Hall–Kier alpha value is -3.08. The van der Waals surface area contributed by atoms with Crippen LogP contribution in [0.15, 0.2) is 38.5 Å². The van der Waals surface area contributed by atoms with Gasteiger partial charge < -0.3 is 14.6 Å². The van der Waals surface area contributed by atoms with Crippen molar-refractivity contribution in [1.82, 2.24) is 29.0 Å². The molecule has 33 heavy (non-hydrogen) atoms. The Morgan fingerprint density at radius 3 is 2.55 bits per heavy atom. The third-order valence-electron chi connectivity index (χ3n) is 5.77. The van der Waals surface area contributed by atoms with Gasteiger partial charge in [0.05, 0.1) is 22.3 Å². The molecule has 5 rings (SSSR count). The number of halogens is 2. The van der Waals surface area contributed by atoms with E-state index in [1.165, 1.54) is 17.9 Å². The Morgan fingerprint density at radius 1 is 1.06 bits per heavy atom. The molecule has 4 aromatic rings. The van der Waals surface area contributed by atoms with E-state index in [9.17, 15) is 9.59 Å². The minimum absolute atomic E-state index is 0.244. The minimum atomic E-state index is -0.424. The van der Waals surface area contributed by atoms with Gasteiger partial charge in [0.25, 0.3) is 5.56 Å². The third-order valence-corrected chi connectivity index (χ3v) is 6.51. The number of imidazole rings is 1. The van der Waals surface area contributed by atoms with Crippen LogP contribution < -0.4 is 21.5 Å². The van der Waals surface area contributed by atoms with E-state index in [1.807, 2.05) is 0 Å². The van der Waals surface area contributed by atoms with Crippen LogP contribution >= 0.6 is 23.2 Å². The van der Waals surface area contributed by atoms with Crippen molar-refractivity contribution in [3.05, 3.63) is 61.0 Å². The van der Waals surface area contributed by atoms with Crippen molar-refractivity contribution in [2.75, 3.05) is 31.1 Å². The van der Waals surface area contributed by atoms with E-state index in [4.69, 9.17) is 32.6 Å². The molecule has 3 aromatic heterocycles. The van der Waals surface area contributed by atoms with Gasteiger partial charge in [0.1, 0.15) is 6.26 Å². The van der Waals surface area contributed by atoms with E-state index in [-0.39, 0.29) is 6.54 Å². The molecular formula is C21H21Cl2N7O3. The van der Waals surface area contributed by atoms with Crippen molar-refractivity contribution in [2.24, 2.45) is 14.1 Å². The van der Waals surface area contributed by atoms with Crippen LogP contribution in [0.1, 0.15) is 5.69 Å². The number of nitrogens with zero attached hydrogens (tertiary/aromatic N) is 6. The topological polar surface area (TPSA) is 103 Å². The molecule has 1 aliphatic heterocycles. The number of aromatic nitrogens is 5. The maximum atomic E-state index is 13.1. The Morgan fingerprint density at radius 2 is 1.82 bits per heavy atom. The zero-order valence-corrected chi connectivity index (χ0v) is 19.5. The zero-order chi connectivity index (χ0) is 23.3. The van der Waals surface area contributed by atoms with E-state index in [0.29, 0.717) is 44.3 Å². The average molecular weight is 490 g/mol. The molecule has 0 unspecified atom stereocenters. The lowest BCUT2D eigenvalue weighted by molar-refractivity contribution is 0.565. The zero-order valence-electron chi connectivity index (χ0n) is 18.0. The lowest BCUT2D eigenvalue weighted by Gasteiger charge is -2.28. The second kappa shape index (κ2) is 8.36. The highest BCUT2D eigenvalue weighted by atomic mass is 35.5. The van der Waals surface area contributed by atoms with Crippen LogP contribution in [0.4, 0.5) is 5.95 Å². The first-order valence-corrected chi connectivity index (χ1v) is 11.1. The number of fused-ring (bicyclic) bond motifs is 1. The van der Waals surface area contributed by atoms with Gasteiger partial charge in [-0.15, -0.1) is 0 Å². The van der Waals surface area contributed by atoms with E-state index in [2.05, 4.69) is 15.2 Å². The Balaban J connectivity index is 1.62. The maximum Gasteiger partial charge on any atom is 0.332 e. The second-order valence-electron chi connectivity index (χ2n) is 7.89. The van der Waals surface area contributed by atoms with Crippen LogP contribution in [0.2, 0.25) is 10.0 Å². The van der Waals surface area contributed by atoms with Gasteiger partial charge in [-0.3, -0.25) is 18.5 Å². The van der Waals surface area contributed by atoms with Crippen molar-refractivity contribution >= 4 is 40.3 Å². The number of anilines is 1. The normalized spacial score (nSPS) is 14.4. The molecule has 0 atom stereocenters. The van der Waals surface area contributed by atoms with Crippen LogP contribution in [0.25, 0.3) is 22.6 Å². The second-order valence-corrected chi connectivity index (χ2v) is 8.70.